The fourth-order valence-corrected chi connectivity index (χ4v) is 4.74. The Hall–Kier alpha value is -2.81. The second-order valence-electron chi connectivity index (χ2n) is 8.82. The van der Waals surface area contributed by atoms with Gasteiger partial charge in [-0.15, -0.1) is 0 Å². The van der Waals surface area contributed by atoms with Gasteiger partial charge in [0.05, 0.1) is 23.9 Å². The highest BCUT2D eigenvalue weighted by Gasteiger charge is 2.56. The number of pyridine rings is 1. The summed E-state index contributed by atoms with van der Waals surface area (Å²) in [5.74, 6) is -1.17. The van der Waals surface area contributed by atoms with E-state index in [1.54, 1.807) is 32.2 Å². The van der Waals surface area contributed by atoms with Crippen molar-refractivity contribution in [2.24, 2.45) is 0 Å². The molecule has 9 nitrogen and oxygen atoms in total. The zero-order valence-electron chi connectivity index (χ0n) is 18.7. The molecule has 34 heavy (non-hydrogen) atoms. The summed E-state index contributed by atoms with van der Waals surface area (Å²) in [4.78, 5) is 4.42. The Bertz CT molecular complexity index is 1280. The minimum Gasteiger partial charge on any atom is -0.394 e. The van der Waals surface area contributed by atoms with Crippen LogP contribution in [0.2, 0.25) is 5.15 Å². The molecular formula is C23H23ClFN5O4. The van der Waals surface area contributed by atoms with Gasteiger partial charge in [0.2, 0.25) is 0 Å². The zero-order valence-corrected chi connectivity index (χ0v) is 19.5. The third kappa shape index (κ3) is 3.79. The molecule has 1 unspecified atom stereocenters. The van der Waals surface area contributed by atoms with Crippen molar-refractivity contribution in [1.29, 1.82) is 5.26 Å². The second kappa shape index (κ2) is 8.45. The molecule has 0 aliphatic carbocycles. The first-order valence-electron chi connectivity index (χ1n) is 10.8. The van der Waals surface area contributed by atoms with Crippen LogP contribution in [0, 0.1) is 17.1 Å². The molecule has 2 aromatic heterocycles. The summed E-state index contributed by atoms with van der Waals surface area (Å²) >= 11 is 6.41. The number of anilines is 1. The minimum atomic E-state index is -0.843. The molecule has 4 heterocycles. The molecule has 0 radical (unpaired) electrons. The number of hydrogen-bond acceptors (Lipinski definition) is 8. The van der Waals surface area contributed by atoms with Crippen LogP contribution in [0.1, 0.15) is 44.2 Å². The van der Waals surface area contributed by atoms with Crippen LogP contribution in [-0.2, 0) is 14.2 Å². The van der Waals surface area contributed by atoms with Crippen LogP contribution in [-0.4, -0.2) is 50.6 Å². The van der Waals surface area contributed by atoms with Crippen LogP contribution < -0.4 is 5.32 Å². The van der Waals surface area contributed by atoms with Gasteiger partial charge in [0.1, 0.15) is 35.8 Å². The molecule has 0 spiro atoms. The summed E-state index contributed by atoms with van der Waals surface area (Å²) in [6, 6.07) is 7.93. The number of aliphatic hydroxyl groups excluding tert-OH is 1. The maximum Gasteiger partial charge on any atom is 0.181 e. The minimum absolute atomic E-state index is 0.00253. The van der Waals surface area contributed by atoms with E-state index in [-0.39, 0.29) is 29.2 Å². The first kappa shape index (κ1) is 23.0. The van der Waals surface area contributed by atoms with Crippen molar-refractivity contribution in [3.8, 4) is 6.07 Å². The third-order valence-corrected chi connectivity index (χ3v) is 6.36. The van der Waals surface area contributed by atoms with Crippen LogP contribution in [0.4, 0.5) is 10.1 Å². The number of hydrogen-bond donors (Lipinski definition) is 2. The van der Waals surface area contributed by atoms with E-state index in [0.29, 0.717) is 16.7 Å². The highest BCUT2D eigenvalue weighted by Crippen LogP contribution is 2.44. The molecule has 3 aromatic rings. The van der Waals surface area contributed by atoms with Crippen LogP contribution in [0.25, 0.3) is 11.0 Å². The van der Waals surface area contributed by atoms with Gasteiger partial charge < -0.3 is 24.6 Å². The van der Waals surface area contributed by atoms with Crippen molar-refractivity contribution in [3.05, 3.63) is 52.6 Å². The fraction of sp³-hybridized carbons (Fsp3) is 0.435. The van der Waals surface area contributed by atoms with Gasteiger partial charge in [0.25, 0.3) is 0 Å². The van der Waals surface area contributed by atoms with Crippen LogP contribution in [0.5, 0.6) is 0 Å². The molecule has 0 amide bonds. The Balaban J connectivity index is 1.56. The largest absolute Gasteiger partial charge is 0.394 e. The molecule has 5 atom stereocenters. The van der Waals surface area contributed by atoms with E-state index >= 15 is 0 Å². The van der Waals surface area contributed by atoms with E-state index in [0.717, 1.165) is 5.56 Å². The smallest absolute Gasteiger partial charge is 0.181 e. The molecule has 0 bridgehead atoms. The summed E-state index contributed by atoms with van der Waals surface area (Å²) < 4.78 is 32.9. The summed E-state index contributed by atoms with van der Waals surface area (Å²) in [6.07, 6.45) is -0.748. The summed E-state index contributed by atoms with van der Waals surface area (Å²) in [7, 11) is 0. The van der Waals surface area contributed by atoms with Gasteiger partial charge in [-0.1, -0.05) is 23.7 Å². The number of aliphatic hydroxyl groups is 1. The van der Waals surface area contributed by atoms with Gasteiger partial charge in [-0.25, -0.2) is 14.1 Å². The normalized spacial score (nSPS) is 26.4. The monoisotopic (exact) mass is 487 g/mol. The maximum atomic E-state index is 13.4. The molecule has 2 saturated heterocycles. The van der Waals surface area contributed by atoms with Crippen molar-refractivity contribution < 1.29 is 23.7 Å². The average Bonchev–Trinajstić information content (AvgIpc) is 3.44. The summed E-state index contributed by atoms with van der Waals surface area (Å²) in [6.45, 7) is 5.24. The lowest BCUT2D eigenvalue weighted by Crippen LogP contribution is -2.31. The number of fused-ring (bicyclic) bond motifs is 2. The number of nitrogens with zero attached hydrogens (tertiary/aromatic N) is 4. The van der Waals surface area contributed by atoms with E-state index in [4.69, 9.17) is 25.8 Å². The molecule has 11 heteroatoms. The van der Waals surface area contributed by atoms with Gasteiger partial charge in [-0.2, -0.15) is 10.4 Å². The number of halogens is 2. The number of nitriles is 1. The fourth-order valence-electron chi connectivity index (χ4n) is 4.52. The van der Waals surface area contributed by atoms with Gasteiger partial charge in [0.15, 0.2) is 22.8 Å². The lowest BCUT2D eigenvalue weighted by Gasteiger charge is -2.24. The second-order valence-corrected chi connectivity index (χ2v) is 9.18. The number of benzene rings is 1. The Morgan fingerprint density at radius 3 is 2.68 bits per heavy atom. The number of nitrogens with one attached hydrogen (secondary N) is 1. The van der Waals surface area contributed by atoms with Gasteiger partial charge >= 0.3 is 0 Å². The first-order chi connectivity index (χ1) is 16.2. The average molecular weight is 488 g/mol. The van der Waals surface area contributed by atoms with Gasteiger partial charge in [-0.05, 0) is 38.5 Å². The molecule has 0 saturated carbocycles. The molecular weight excluding hydrogens is 465 g/mol. The zero-order chi connectivity index (χ0) is 24.2. The molecule has 2 aliphatic heterocycles. The SMILES string of the molecule is CC(Nc1c(C#N)c(Cl)nc2c1cnn2[C@@H]1O[C@H](CO)[C@H]2OC(C)(C)O[C@H]21)c1ccc(F)cc1. The lowest BCUT2D eigenvalue weighted by molar-refractivity contribution is -0.201. The number of aromatic nitrogens is 3. The van der Waals surface area contributed by atoms with Crippen LogP contribution in [0.3, 0.4) is 0 Å². The van der Waals surface area contributed by atoms with Crippen molar-refractivity contribution in [3.63, 3.8) is 0 Å². The third-order valence-electron chi connectivity index (χ3n) is 6.09. The molecule has 2 N–H and O–H groups in total. The van der Waals surface area contributed by atoms with Crippen LogP contribution in [0.15, 0.2) is 30.5 Å². The molecule has 1 aromatic carbocycles. The predicted octanol–water partition coefficient (Wildman–Crippen LogP) is 3.68. The van der Waals surface area contributed by atoms with Crippen LogP contribution >= 0.6 is 11.6 Å². The topological polar surface area (TPSA) is 114 Å². The Morgan fingerprint density at radius 1 is 1.29 bits per heavy atom. The highest BCUT2D eigenvalue weighted by molar-refractivity contribution is 6.31. The molecule has 178 valence electrons. The Labute approximate surface area is 200 Å². The molecule has 2 aliphatic rings. The maximum absolute atomic E-state index is 13.4. The van der Waals surface area contributed by atoms with E-state index in [9.17, 15) is 14.8 Å². The quantitative estimate of drug-likeness (QED) is 0.524. The standard InChI is InChI=1S/C23H23ClFN5O4/c1-11(12-4-6-13(25)7-5-12)28-17-14(8-26)20(24)29-21-15(17)9-27-30(21)22-19-18(16(10-31)32-22)33-23(2,3)34-19/h4-7,9,11,16,18-19,22,31H,10H2,1-3H3,(H,28,29)/t11?,16-,18-,19-,22-/m1/s1. The van der Waals surface area contributed by atoms with E-state index in [1.807, 2.05) is 6.92 Å². The Kier molecular flexibility index (Phi) is 5.70. The highest BCUT2D eigenvalue weighted by atomic mass is 35.5. The van der Waals surface area contributed by atoms with Crippen molar-refractivity contribution in [2.45, 2.75) is 57.1 Å². The van der Waals surface area contributed by atoms with Gasteiger partial charge in [-0.3, -0.25) is 0 Å². The van der Waals surface area contributed by atoms with Crippen molar-refractivity contribution in [2.75, 3.05) is 11.9 Å². The summed E-state index contributed by atoms with van der Waals surface area (Å²) in [5.41, 5.74) is 1.83. The van der Waals surface area contributed by atoms with E-state index in [1.165, 1.54) is 16.8 Å². The predicted molar refractivity (Wildman–Crippen MR) is 121 cm³/mol. The summed E-state index contributed by atoms with van der Waals surface area (Å²) in [5, 5.41) is 27.9. The van der Waals surface area contributed by atoms with E-state index < -0.39 is 30.3 Å². The van der Waals surface area contributed by atoms with Gasteiger partial charge in [0, 0.05) is 6.04 Å². The van der Waals surface area contributed by atoms with Crippen molar-refractivity contribution in [1.82, 2.24) is 14.8 Å². The Morgan fingerprint density at radius 2 is 2.00 bits per heavy atom. The first-order valence-corrected chi connectivity index (χ1v) is 11.2. The van der Waals surface area contributed by atoms with Crippen molar-refractivity contribution >= 4 is 28.3 Å². The van der Waals surface area contributed by atoms with E-state index in [2.05, 4.69) is 21.5 Å². The number of rotatable bonds is 5. The molecule has 2 fully saturated rings. The lowest BCUT2D eigenvalue weighted by atomic mass is 10.1. The molecule has 5 rings (SSSR count). The number of ether oxygens (including phenoxy) is 3.